The fourth-order valence-electron chi connectivity index (χ4n) is 1.35. The Kier molecular flexibility index (Phi) is 2.96. The van der Waals surface area contributed by atoms with Gasteiger partial charge >= 0.3 is 0 Å². The summed E-state index contributed by atoms with van der Waals surface area (Å²) in [5.74, 6) is 0.654. The minimum Gasteiger partial charge on any atom is -0.506 e. The Morgan fingerprint density at radius 3 is 2.50 bits per heavy atom. The first kappa shape index (κ1) is 10.4. The molecule has 0 aliphatic carbocycles. The van der Waals surface area contributed by atoms with E-state index in [1.807, 2.05) is 30.3 Å². The predicted octanol–water partition coefficient (Wildman–Crippen LogP) is 2.55. The third kappa shape index (κ3) is 2.45. The van der Waals surface area contributed by atoms with Crippen molar-refractivity contribution in [2.45, 2.75) is 6.61 Å². The molecule has 0 amide bonds. The standard InChI is InChI=1S/C13H13NO2/c14-12-7-6-11(8-13(12)15)16-9-10-4-2-1-3-5-10/h1-8,15H,9,14H2. The van der Waals surface area contributed by atoms with E-state index in [-0.39, 0.29) is 5.75 Å². The van der Waals surface area contributed by atoms with Crippen LogP contribution in [-0.2, 0) is 6.61 Å². The van der Waals surface area contributed by atoms with E-state index in [4.69, 9.17) is 10.5 Å². The highest BCUT2D eigenvalue weighted by Crippen LogP contribution is 2.25. The number of ether oxygens (including phenoxy) is 1. The Labute approximate surface area is 94.1 Å². The third-order valence-electron chi connectivity index (χ3n) is 2.25. The summed E-state index contributed by atoms with van der Waals surface area (Å²) in [6.45, 7) is 0.476. The normalized spacial score (nSPS) is 10.0. The van der Waals surface area contributed by atoms with Crippen molar-refractivity contribution >= 4 is 5.69 Å². The molecule has 0 saturated heterocycles. The molecule has 2 aromatic rings. The molecule has 2 rings (SSSR count). The average Bonchev–Trinajstić information content (AvgIpc) is 2.32. The van der Waals surface area contributed by atoms with Crippen LogP contribution >= 0.6 is 0 Å². The van der Waals surface area contributed by atoms with E-state index in [1.165, 1.54) is 6.07 Å². The molecule has 0 atom stereocenters. The van der Waals surface area contributed by atoms with Crippen LogP contribution in [-0.4, -0.2) is 5.11 Å². The number of phenolic OH excluding ortho intramolecular Hbond substituents is 1. The van der Waals surface area contributed by atoms with E-state index in [0.29, 0.717) is 18.0 Å². The van der Waals surface area contributed by atoms with E-state index < -0.39 is 0 Å². The summed E-state index contributed by atoms with van der Waals surface area (Å²) in [4.78, 5) is 0. The number of hydrogen-bond acceptors (Lipinski definition) is 3. The van der Waals surface area contributed by atoms with Gasteiger partial charge < -0.3 is 15.6 Å². The zero-order valence-corrected chi connectivity index (χ0v) is 8.76. The summed E-state index contributed by atoms with van der Waals surface area (Å²) in [6, 6.07) is 14.7. The first-order chi connectivity index (χ1) is 7.75. The van der Waals surface area contributed by atoms with Crippen molar-refractivity contribution in [3.8, 4) is 11.5 Å². The van der Waals surface area contributed by atoms with Crippen LogP contribution in [0.25, 0.3) is 0 Å². The van der Waals surface area contributed by atoms with Gasteiger partial charge in [0, 0.05) is 6.07 Å². The lowest BCUT2D eigenvalue weighted by Gasteiger charge is -2.07. The molecule has 3 heteroatoms. The van der Waals surface area contributed by atoms with Crippen LogP contribution in [0, 0.1) is 0 Å². The van der Waals surface area contributed by atoms with E-state index in [9.17, 15) is 5.11 Å². The zero-order chi connectivity index (χ0) is 11.4. The second-order valence-corrected chi connectivity index (χ2v) is 3.49. The Morgan fingerprint density at radius 1 is 1.06 bits per heavy atom. The van der Waals surface area contributed by atoms with Gasteiger partial charge in [-0.05, 0) is 17.7 Å². The molecule has 3 nitrogen and oxygen atoms in total. The molecule has 0 spiro atoms. The van der Waals surface area contributed by atoms with Crippen LogP contribution in [0.2, 0.25) is 0 Å². The maximum absolute atomic E-state index is 9.39. The summed E-state index contributed by atoms with van der Waals surface area (Å²) in [6.07, 6.45) is 0. The topological polar surface area (TPSA) is 55.5 Å². The molecule has 82 valence electrons. The van der Waals surface area contributed by atoms with E-state index in [1.54, 1.807) is 12.1 Å². The third-order valence-corrected chi connectivity index (χ3v) is 2.25. The van der Waals surface area contributed by atoms with E-state index in [2.05, 4.69) is 0 Å². The fourth-order valence-corrected chi connectivity index (χ4v) is 1.35. The lowest BCUT2D eigenvalue weighted by molar-refractivity contribution is 0.304. The minimum atomic E-state index is 0.0468. The number of anilines is 1. The summed E-state index contributed by atoms with van der Waals surface area (Å²) < 4.78 is 5.51. The highest BCUT2D eigenvalue weighted by Gasteiger charge is 2.00. The van der Waals surface area contributed by atoms with Gasteiger partial charge in [0.1, 0.15) is 18.1 Å². The van der Waals surface area contributed by atoms with Crippen molar-refractivity contribution in [3.05, 3.63) is 54.1 Å². The highest BCUT2D eigenvalue weighted by molar-refractivity contribution is 5.54. The van der Waals surface area contributed by atoms with Gasteiger partial charge in [0.15, 0.2) is 0 Å². The van der Waals surface area contributed by atoms with Crippen LogP contribution in [0.1, 0.15) is 5.56 Å². The summed E-state index contributed by atoms with van der Waals surface area (Å²) in [5.41, 5.74) is 6.93. The van der Waals surface area contributed by atoms with Gasteiger partial charge in [-0.2, -0.15) is 0 Å². The maximum atomic E-state index is 9.39. The Balaban J connectivity index is 2.03. The van der Waals surface area contributed by atoms with E-state index >= 15 is 0 Å². The van der Waals surface area contributed by atoms with Gasteiger partial charge in [-0.1, -0.05) is 30.3 Å². The summed E-state index contributed by atoms with van der Waals surface area (Å²) >= 11 is 0. The van der Waals surface area contributed by atoms with Crippen molar-refractivity contribution < 1.29 is 9.84 Å². The van der Waals surface area contributed by atoms with Crippen LogP contribution in [0.5, 0.6) is 11.5 Å². The Morgan fingerprint density at radius 2 is 1.81 bits per heavy atom. The molecule has 0 bridgehead atoms. The number of phenols is 1. The molecule has 0 aliphatic rings. The molecule has 0 fully saturated rings. The fraction of sp³-hybridized carbons (Fsp3) is 0.0769. The molecule has 0 radical (unpaired) electrons. The van der Waals surface area contributed by atoms with Crippen molar-refractivity contribution in [2.24, 2.45) is 0 Å². The number of benzene rings is 2. The van der Waals surface area contributed by atoms with E-state index in [0.717, 1.165) is 5.56 Å². The molecule has 0 heterocycles. The van der Waals surface area contributed by atoms with Crippen LogP contribution in [0.4, 0.5) is 5.69 Å². The largest absolute Gasteiger partial charge is 0.506 e. The van der Waals surface area contributed by atoms with Crippen molar-refractivity contribution in [1.29, 1.82) is 0 Å². The van der Waals surface area contributed by atoms with Gasteiger partial charge in [-0.25, -0.2) is 0 Å². The summed E-state index contributed by atoms with van der Waals surface area (Å²) in [7, 11) is 0. The molecule has 16 heavy (non-hydrogen) atoms. The lowest BCUT2D eigenvalue weighted by atomic mass is 10.2. The first-order valence-corrected chi connectivity index (χ1v) is 5.01. The summed E-state index contributed by atoms with van der Waals surface area (Å²) in [5, 5.41) is 9.39. The van der Waals surface area contributed by atoms with Gasteiger partial charge in [0.25, 0.3) is 0 Å². The van der Waals surface area contributed by atoms with Crippen LogP contribution in [0.15, 0.2) is 48.5 Å². The number of aromatic hydroxyl groups is 1. The van der Waals surface area contributed by atoms with Gasteiger partial charge in [0.05, 0.1) is 5.69 Å². The Hall–Kier alpha value is -2.16. The van der Waals surface area contributed by atoms with Crippen LogP contribution < -0.4 is 10.5 Å². The number of nitrogens with two attached hydrogens (primary N) is 1. The van der Waals surface area contributed by atoms with Crippen molar-refractivity contribution in [3.63, 3.8) is 0 Å². The van der Waals surface area contributed by atoms with Crippen molar-refractivity contribution in [1.82, 2.24) is 0 Å². The van der Waals surface area contributed by atoms with Crippen LogP contribution in [0.3, 0.4) is 0 Å². The first-order valence-electron chi connectivity index (χ1n) is 5.01. The highest BCUT2D eigenvalue weighted by atomic mass is 16.5. The lowest BCUT2D eigenvalue weighted by Crippen LogP contribution is -1.95. The minimum absolute atomic E-state index is 0.0468. The molecular formula is C13H13NO2. The Bertz CT molecular complexity index is 469. The molecule has 0 saturated carbocycles. The molecule has 2 aromatic carbocycles. The quantitative estimate of drug-likeness (QED) is 0.611. The SMILES string of the molecule is Nc1ccc(OCc2ccccc2)cc1O. The molecule has 3 N–H and O–H groups in total. The number of hydrogen-bond donors (Lipinski definition) is 2. The average molecular weight is 215 g/mol. The van der Waals surface area contributed by atoms with Gasteiger partial charge in [-0.3, -0.25) is 0 Å². The predicted molar refractivity (Wildman–Crippen MR) is 63.3 cm³/mol. The molecule has 0 unspecified atom stereocenters. The second kappa shape index (κ2) is 4.57. The number of rotatable bonds is 3. The maximum Gasteiger partial charge on any atom is 0.142 e. The zero-order valence-electron chi connectivity index (χ0n) is 8.76. The smallest absolute Gasteiger partial charge is 0.142 e. The van der Waals surface area contributed by atoms with Gasteiger partial charge in [0.2, 0.25) is 0 Å². The second-order valence-electron chi connectivity index (χ2n) is 3.49. The monoisotopic (exact) mass is 215 g/mol. The number of nitrogen functional groups attached to an aromatic ring is 1. The molecule has 0 aromatic heterocycles. The molecular weight excluding hydrogens is 202 g/mol. The molecule has 0 aliphatic heterocycles. The van der Waals surface area contributed by atoms with Gasteiger partial charge in [-0.15, -0.1) is 0 Å². The van der Waals surface area contributed by atoms with Crippen molar-refractivity contribution in [2.75, 3.05) is 5.73 Å².